The Morgan fingerprint density at radius 1 is 1.07 bits per heavy atom. The Bertz CT molecular complexity index is 974. The monoisotopic (exact) mass is 392 g/mol. The summed E-state index contributed by atoms with van der Waals surface area (Å²) in [5.74, 6) is -0.157. The zero-order valence-electron chi connectivity index (χ0n) is 16.8. The van der Waals surface area contributed by atoms with E-state index in [2.05, 4.69) is 10.4 Å². The minimum Gasteiger partial charge on any atom is -0.343 e. The molecule has 1 N–H and O–H groups in total. The van der Waals surface area contributed by atoms with Crippen molar-refractivity contribution in [1.29, 1.82) is 0 Å². The molecule has 0 saturated carbocycles. The lowest BCUT2D eigenvalue weighted by molar-refractivity contribution is -0.386. The summed E-state index contributed by atoms with van der Waals surface area (Å²) in [6.07, 6.45) is 0.161. The number of benzene rings is 2. The Labute approximate surface area is 169 Å². The summed E-state index contributed by atoms with van der Waals surface area (Å²) >= 11 is 0. The summed E-state index contributed by atoms with van der Waals surface area (Å²) in [5.41, 5.74) is 2.06. The number of aryl methyl sites for hydroxylation is 2. The third-order valence-corrected chi connectivity index (χ3v) is 5.17. The van der Waals surface area contributed by atoms with Gasteiger partial charge in [-0.05, 0) is 31.9 Å². The van der Waals surface area contributed by atoms with Crippen molar-refractivity contribution in [3.63, 3.8) is 0 Å². The van der Waals surface area contributed by atoms with E-state index in [-0.39, 0.29) is 24.6 Å². The molecule has 0 aliphatic carbocycles. The minimum absolute atomic E-state index is 0.00353. The predicted molar refractivity (Wildman–Crippen MR) is 110 cm³/mol. The van der Waals surface area contributed by atoms with Crippen molar-refractivity contribution in [2.45, 2.75) is 39.3 Å². The number of hydrogen-bond donors (Lipinski definition) is 1. The summed E-state index contributed by atoms with van der Waals surface area (Å²) in [6.45, 7) is 5.49. The van der Waals surface area contributed by atoms with Crippen LogP contribution in [0.5, 0.6) is 0 Å². The van der Waals surface area contributed by atoms with Crippen LogP contribution in [0.15, 0.2) is 60.7 Å². The Hall–Kier alpha value is -3.48. The maximum atomic E-state index is 12.8. The van der Waals surface area contributed by atoms with Gasteiger partial charge in [0.2, 0.25) is 5.91 Å². The molecule has 0 fully saturated rings. The van der Waals surface area contributed by atoms with Crippen molar-refractivity contribution in [3.05, 3.63) is 93.3 Å². The van der Waals surface area contributed by atoms with Gasteiger partial charge in [-0.3, -0.25) is 19.6 Å². The highest BCUT2D eigenvalue weighted by molar-refractivity contribution is 5.77. The van der Waals surface area contributed by atoms with Gasteiger partial charge in [0.25, 0.3) is 0 Å². The van der Waals surface area contributed by atoms with E-state index in [4.69, 9.17) is 0 Å². The normalized spacial score (nSPS) is 11.3. The van der Waals surface area contributed by atoms with Crippen molar-refractivity contribution in [2.75, 3.05) is 0 Å². The van der Waals surface area contributed by atoms with Crippen molar-refractivity contribution in [2.24, 2.45) is 0 Å². The summed E-state index contributed by atoms with van der Waals surface area (Å²) in [5, 5.41) is 18.5. The van der Waals surface area contributed by atoms with E-state index in [1.165, 1.54) is 4.68 Å². The second-order valence-corrected chi connectivity index (χ2v) is 7.15. The Balaban J connectivity index is 1.80. The van der Waals surface area contributed by atoms with Crippen LogP contribution in [0, 0.1) is 24.0 Å². The molecule has 150 valence electrons. The second kappa shape index (κ2) is 8.26. The first-order valence-electron chi connectivity index (χ1n) is 9.43. The van der Waals surface area contributed by atoms with Crippen LogP contribution in [0.3, 0.4) is 0 Å². The highest BCUT2D eigenvalue weighted by Gasteiger charge is 2.30. The zero-order valence-corrected chi connectivity index (χ0v) is 16.8. The van der Waals surface area contributed by atoms with Gasteiger partial charge < -0.3 is 5.32 Å². The number of nitro groups is 1. The van der Waals surface area contributed by atoms with Gasteiger partial charge in [0, 0.05) is 6.42 Å². The predicted octanol–water partition coefficient (Wildman–Crippen LogP) is 3.88. The van der Waals surface area contributed by atoms with Gasteiger partial charge in [-0.15, -0.1) is 0 Å². The van der Waals surface area contributed by atoms with Crippen molar-refractivity contribution < 1.29 is 9.72 Å². The van der Waals surface area contributed by atoms with Gasteiger partial charge in [0.15, 0.2) is 0 Å². The van der Waals surface area contributed by atoms with Crippen molar-refractivity contribution in [1.82, 2.24) is 15.1 Å². The van der Waals surface area contributed by atoms with Gasteiger partial charge in [-0.25, -0.2) is 0 Å². The third-order valence-electron chi connectivity index (χ3n) is 5.17. The average molecular weight is 392 g/mol. The SMILES string of the molecule is Cc1nn(CCC(=O)NC(C)(c2ccccc2)c2ccccc2)c(C)c1[N+](=O)[O-]. The molecule has 0 atom stereocenters. The summed E-state index contributed by atoms with van der Waals surface area (Å²) in [6, 6.07) is 19.6. The molecule has 29 heavy (non-hydrogen) atoms. The zero-order chi connectivity index (χ0) is 21.0. The van der Waals surface area contributed by atoms with E-state index in [0.29, 0.717) is 11.4 Å². The molecule has 3 aromatic rings. The number of hydrogen-bond acceptors (Lipinski definition) is 4. The van der Waals surface area contributed by atoms with Crippen LogP contribution in [0.2, 0.25) is 0 Å². The van der Waals surface area contributed by atoms with Gasteiger partial charge in [0.05, 0.1) is 17.0 Å². The number of aromatic nitrogens is 2. The van der Waals surface area contributed by atoms with Crippen LogP contribution in [0.1, 0.15) is 35.9 Å². The quantitative estimate of drug-likeness (QED) is 0.488. The molecule has 3 rings (SSSR count). The molecule has 0 unspecified atom stereocenters. The lowest BCUT2D eigenvalue weighted by atomic mass is 9.84. The molecule has 0 bridgehead atoms. The first-order valence-corrected chi connectivity index (χ1v) is 9.43. The molecule has 1 heterocycles. The minimum atomic E-state index is -0.694. The van der Waals surface area contributed by atoms with Crippen LogP contribution in [-0.2, 0) is 16.9 Å². The fourth-order valence-corrected chi connectivity index (χ4v) is 3.57. The van der Waals surface area contributed by atoms with Gasteiger partial charge in [-0.2, -0.15) is 5.10 Å². The van der Waals surface area contributed by atoms with Gasteiger partial charge >= 0.3 is 5.69 Å². The molecule has 2 aromatic carbocycles. The van der Waals surface area contributed by atoms with E-state index in [9.17, 15) is 14.9 Å². The maximum absolute atomic E-state index is 12.8. The molecule has 0 saturated heterocycles. The summed E-state index contributed by atoms with van der Waals surface area (Å²) in [7, 11) is 0. The summed E-state index contributed by atoms with van der Waals surface area (Å²) < 4.78 is 1.52. The number of carbonyl (C=O) groups excluding carboxylic acids is 1. The molecule has 0 radical (unpaired) electrons. The van der Waals surface area contributed by atoms with E-state index in [0.717, 1.165) is 11.1 Å². The van der Waals surface area contributed by atoms with Crippen LogP contribution in [0.4, 0.5) is 5.69 Å². The molecule has 0 aliphatic rings. The molecular weight excluding hydrogens is 368 g/mol. The highest BCUT2D eigenvalue weighted by atomic mass is 16.6. The van der Waals surface area contributed by atoms with Crippen LogP contribution in [-0.4, -0.2) is 20.6 Å². The van der Waals surface area contributed by atoms with Crippen molar-refractivity contribution in [3.8, 4) is 0 Å². The van der Waals surface area contributed by atoms with Gasteiger partial charge in [-0.1, -0.05) is 60.7 Å². The molecule has 7 heteroatoms. The van der Waals surface area contributed by atoms with E-state index in [1.54, 1.807) is 13.8 Å². The Morgan fingerprint density at radius 2 is 1.59 bits per heavy atom. The molecule has 0 spiro atoms. The van der Waals surface area contributed by atoms with E-state index >= 15 is 0 Å². The largest absolute Gasteiger partial charge is 0.343 e. The first-order chi connectivity index (χ1) is 13.8. The highest BCUT2D eigenvalue weighted by Crippen LogP contribution is 2.29. The lowest BCUT2D eigenvalue weighted by Gasteiger charge is -2.32. The fraction of sp³-hybridized carbons (Fsp3) is 0.273. The number of carbonyl (C=O) groups is 1. The molecule has 0 aliphatic heterocycles. The number of rotatable bonds is 7. The maximum Gasteiger partial charge on any atom is 0.312 e. The topological polar surface area (TPSA) is 90.1 Å². The first kappa shape index (κ1) is 20.3. The number of nitrogens with zero attached hydrogens (tertiary/aromatic N) is 3. The lowest BCUT2D eigenvalue weighted by Crippen LogP contribution is -2.44. The number of amides is 1. The molecular formula is C22H24N4O3. The van der Waals surface area contributed by atoms with E-state index in [1.807, 2.05) is 67.6 Å². The average Bonchev–Trinajstić information content (AvgIpc) is 3.01. The molecule has 7 nitrogen and oxygen atoms in total. The van der Waals surface area contributed by atoms with Crippen molar-refractivity contribution >= 4 is 11.6 Å². The standard InChI is InChI=1S/C22H24N4O3/c1-16-21(26(28)29)17(2)25(24-16)15-14-20(27)23-22(3,18-10-6-4-7-11-18)19-12-8-5-9-13-19/h4-13H,14-15H2,1-3H3,(H,23,27). The Kier molecular flexibility index (Phi) is 5.77. The summed E-state index contributed by atoms with van der Waals surface area (Å²) in [4.78, 5) is 23.6. The fourth-order valence-electron chi connectivity index (χ4n) is 3.57. The van der Waals surface area contributed by atoms with E-state index < -0.39 is 10.5 Å². The van der Waals surface area contributed by atoms with Crippen LogP contribution < -0.4 is 5.32 Å². The molecule has 1 amide bonds. The number of nitrogens with one attached hydrogen (secondary N) is 1. The smallest absolute Gasteiger partial charge is 0.312 e. The second-order valence-electron chi connectivity index (χ2n) is 7.15. The van der Waals surface area contributed by atoms with Gasteiger partial charge in [0.1, 0.15) is 11.4 Å². The molecule has 1 aromatic heterocycles. The Morgan fingerprint density at radius 3 is 2.03 bits per heavy atom. The van der Waals surface area contributed by atoms with Crippen LogP contribution >= 0.6 is 0 Å². The third kappa shape index (κ3) is 4.18. The van der Waals surface area contributed by atoms with Crippen LogP contribution in [0.25, 0.3) is 0 Å².